The molecular formula is C16H16ClF3N2O4. The van der Waals surface area contributed by atoms with E-state index in [4.69, 9.17) is 25.9 Å². The molecule has 0 bridgehead atoms. The molecule has 3 N–H and O–H groups in total. The summed E-state index contributed by atoms with van der Waals surface area (Å²) in [5.74, 6) is -2.30. The van der Waals surface area contributed by atoms with Crippen molar-refractivity contribution in [3.05, 3.63) is 35.0 Å². The van der Waals surface area contributed by atoms with E-state index in [2.05, 4.69) is 10.6 Å². The SMILES string of the molecule is O=C(NC[C@H]1CCNC1)c1oc2ccccc2c1Cl.O=C(O)C(F)(F)F. The van der Waals surface area contributed by atoms with Crippen molar-refractivity contribution in [2.45, 2.75) is 12.6 Å². The van der Waals surface area contributed by atoms with Gasteiger partial charge in [0, 0.05) is 11.9 Å². The molecule has 6 nitrogen and oxygen atoms in total. The van der Waals surface area contributed by atoms with Crippen molar-refractivity contribution < 1.29 is 32.3 Å². The molecule has 0 unspecified atom stereocenters. The van der Waals surface area contributed by atoms with Crippen molar-refractivity contribution >= 4 is 34.4 Å². The van der Waals surface area contributed by atoms with E-state index in [1.807, 2.05) is 18.2 Å². The molecule has 2 heterocycles. The lowest BCUT2D eigenvalue weighted by Crippen LogP contribution is -2.30. The van der Waals surface area contributed by atoms with E-state index in [1.54, 1.807) is 6.07 Å². The highest BCUT2D eigenvalue weighted by molar-refractivity contribution is 6.38. The summed E-state index contributed by atoms with van der Waals surface area (Å²) in [6.07, 6.45) is -3.99. The molecule has 0 radical (unpaired) electrons. The summed E-state index contributed by atoms with van der Waals surface area (Å²) < 4.78 is 37.3. The molecule has 1 aliphatic heterocycles. The maximum atomic E-state index is 12.1. The average molecular weight is 393 g/mol. The van der Waals surface area contributed by atoms with Gasteiger partial charge in [0.25, 0.3) is 5.91 Å². The Balaban J connectivity index is 0.000000298. The number of carbonyl (C=O) groups is 2. The Bertz CT molecular complexity index is 785. The van der Waals surface area contributed by atoms with Crippen LogP contribution in [0.15, 0.2) is 28.7 Å². The van der Waals surface area contributed by atoms with Crippen LogP contribution in [-0.4, -0.2) is 42.8 Å². The number of carboxylic acid groups (broad SMARTS) is 1. The van der Waals surface area contributed by atoms with Crippen molar-refractivity contribution in [3.63, 3.8) is 0 Å². The number of carbonyl (C=O) groups excluding carboxylic acids is 1. The molecule has 1 amide bonds. The summed E-state index contributed by atoms with van der Waals surface area (Å²) in [4.78, 5) is 21.0. The normalized spacial score (nSPS) is 16.8. The number of carboxylic acids is 1. The predicted octanol–water partition coefficient (Wildman–Crippen LogP) is 3.06. The highest BCUT2D eigenvalue weighted by atomic mass is 35.5. The zero-order valence-corrected chi connectivity index (χ0v) is 14.2. The Kier molecular flexibility index (Phi) is 6.49. The van der Waals surface area contributed by atoms with Gasteiger partial charge in [0.15, 0.2) is 0 Å². The highest BCUT2D eigenvalue weighted by Crippen LogP contribution is 2.30. The number of rotatable bonds is 3. The Labute approximate surface area is 151 Å². The molecule has 10 heteroatoms. The van der Waals surface area contributed by atoms with Crippen LogP contribution < -0.4 is 10.6 Å². The third kappa shape index (κ3) is 5.12. The van der Waals surface area contributed by atoms with Crippen LogP contribution in [0.4, 0.5) is 13.2 Å². The van der Waals surface area contributed by atoms with Crippen LogP contribution >= 0.6 is 11.6 Å². The molecule has 1 aliphatic rings. The largest absolute Gasteiger partial charge is 0.490 e. The number of hydrogen-bond acceptors (Lipinski definition) is 4. The number of amides is 1. The maximum Gasteiger partial charge on any atom is 0.490 e. The molecule has 1 fully saturated rings. The van der Waals surface area contributed by atoms with Gasteiger partial charge in [-0.2, -0.15) is 13.2 Å². The lowest BCUT2D eigenvalue weighted by Gasteiger charge is -2.08. The van der Waals surface area contributed by atoms with Gasteiger partial charge in [0.1, 0.15) is 5.58 Å². The fraction of sp³-hybridized carbons (Fsp3) is 0.375. The first-order valence-electron chi connectivity index (χ1n) is 7.66. The number of halogens is 4. The molecule has 1 saturated heterocycles. The summed E-state index contributed by atoms with van der Waals surface area (Å²) in [5.41, 5.74) is 0.639. The predicted molar refractivity (Wildman–Crippen MR) is 88.2 cm³/mol. The van der Waals surface area contributed by atoms with Crippen LogP contribution in [0.2, 0.25) is 5.02 Å². The number of hydrogen-bond donors (Lipinski definition) is 3. The quantitative estimate of drug-likeness (QED) is 0.746. The monoisotopic (exact) mass is 392 g/mol. The Morgan fingerprint density at radius 1 is 1.35 bits per heavy atom. The minimum absolute atomic E-state index is 0.203. The standard InChI is InChI=1S/C14H15ClN2O2.C2HF3O2/c15-12-10-3-1-2-4-11(10)19-13(12)14(18)17-8-9-5-6-16-7-9;3-2(4,5)1(6)7/h1-4,9,16H,5-8H2,(H,17,18);(H,6,7)/t9-;/m0./s1. The molecule has 0 saturated carbocycles. The topological polar surface area (TPSA) is 91.6 Å². The van der Waals surface area contributed by atoms with Gasteiger partial charge in [-0.3, -0.25) is 4.79 Å². The minimum atomic E-state index is -5.08. The molecule has 3 rings (SSSR count). The van der Waals surface area contributed by atoms with Crippen molar-refractivity contribution in [1.29, 1.82) is 0 Å². The third-order valence-corrected chi connectivity index (χ3v) is 4.07. The molecular weight excluding hydrogens is 377 g/mol. The molecule has 26 heavy (non-hydrogen) atoms. The second-order valence-electron chi connectivity index (χ2n) is 5.61. The van der Waals surface area contributed by atoms with E-state index in [0.717, 1.165) is 24.9 Å². The first-order chi connectivity index (χ1) is 12.2. The number of aliphatic carboxylic acids is 1. The number of nitrogens with one attached hydrogen (secondary N) is 2. The fourth-order valence-corrected chi connectivity index (χ4v) is 2.65. The minimum Gasteiger partial charge on any atom is -0.475 e. The highest BCUT2D eigenvalue weighted by Gasteiger charge is 2.38. The summed E-state index contributed by atoms with van der Waals surface area (Å²) in [7, 11) is 0. The van der Waals surface area contributed by atoms with Gasteiger partial charge in [-0.25, -0.2) is 4.79 Å². The summed E-state index contributed by atoms with van der Waals surface area (Å²) in [6, 6.07) is 7.38. The van der Waals surface area contributed by atoms with Crippen LogP contribution in [0.25, 0.3) is 11.0 Å². The first-order valence-corrected chi connectivity index (χ1v) is 8.04. The zero-order chi connectivity index (χ0) is 19.3. The van der Waals surface area contributed by atoms with Gasteiger partial charge in [-0.15, -0.1) is 0 Å². The van der Waals surface area contributed by atoms with Crippen molar-refractivity contribution in [2.75, 3.05) is 19.6 Å². The number of para-hydroxylation sites is 1. The number of alkyl halides is 3. The van der Waals surface area contributed by atoms with E-state index in [-0.39, 0.29) is 11.7 Å². The summed E-state index contributed by atoms with van der Waals surface area (Å²) >= 11 is 6.18. The number of furan rings is 1. The lowest BCUT2D eigenvalue weighted by molar-refractivity contribution is -0.192. The van der Waals surface area contributed by atoms with Crippen LogP contribution in [0.3, 0.4) is 0 Å². The molecule has 0 aliphatic carbocycles. The summed E-state index contributed by atoms with van der Waals surface area (Å²) in [6.45, 7) is 2.62. The lowest BCUT2D eigenvalue weighted by atomic mass is 10.1. The Hall–Kier alpha value is -2.26. The van der Waals surface area contributed by atoms with Gasteiger partial charge < -0.3 is 20.2 Å². The Morgan fingerprint density at radius 2 is 2.00 bits per heavy atom. The molecule has 1 aromatic heterocycles. The average Bonchev–Trinajstić information content (AvgIpc) is 3.21. The van der Waals surface area contributed by atoms with Crippen LogP contribution in [0.5, 0.6) is 0 Å². The van der Waals surface area contributed by atoms with Crippen LogP contribution in [0.1, 0.15) is 17.0 Å². The van der Waals surface area contributed by atoms with Gasteiger partial charge in [-0.05, 0) is 37.6 Å². The molecule has 1 atom stereocenters. The summed E-state index contributed by atoms with van der Waals surface area (Å²) in [5, 5.41) is 14.4. The molecule has 0 spiro atoms. The molecule has 1 aromatic carbocycles. The second-order valence-corrected chi connectivity index (χ2v) is 5.99. The van der Waals surface area contributed by atoms with Crippen LogP contribution in [-0.2, 0) is 4.79 Å². The van der Waals surface area contributed by atoms with Crippen molar-refractivity contribution in [2.24, 2.45) is 5.92 Å². The number of benzene rings is 1. The van der Waals surface area contributed by atoms with Crippen LogP contribution in [0, 0.1) is 5.92 Å². The number of fused-ring (bicyclic) bond motifs is 1. The first kappa shape index (κ1) is 20.1. The maximum absolute atomic E-state index is 12.1. The molecule has 142 valence electrons. The van der Waals surface area contributed by atoms with E-state index < -0.39 is 12.1 Å². The van der Waals surface area contributed by atoms with Gasteiger partial charge in [-0.1, -0.05) is 23.7 Å². The van der Waals surface area contributed by atoms with E-state index in [9.17, 15) is 18.0 Å². The van der Waals surface area contributed by atoms with Gasteiger partial charge in [0.2, 0.25) is 5.76 Å². The van der Waals surface area contributed by atoms with Crippen molar-refractivity contribution in [1.82, 2.24) is 10.6 Å². The van der Waals surface area contributed by atoms with Gasteiger partial charge in [0.05, 0.1) is 5.02 Å². The van der Waals surface area contributed by atoms with E-state index in [0.29, 0.717) is 23.1 Å². The fourth-order valence-electron chi connectivity index (χ4n) is 2.37. The van der Waals surface area contributed by atoms with Crippen molar-refractivity contribution in [3.8, 4) is 0 Å². The Morgan fingerprint density at radius 3 is 2.54 bits per heavy atom. The van der Waals surface area contributed by atoms with E-state index in [1.165, 1.54) is 0 Å². The van der Waals surface area contributed by atoms with Gasteiger partial charge >= 0.3 is 12.1 Å². The smallest absolute Gasteiger partial charge is 0.475 e. The van der Waals surface area contributed by atoms with E-state index >= 15 is 0 Å². The molecule has 2 aromatic rings. The third-order valence-electron chi connectivity index (χ3n) is 3.70. The second kappa shape index (κ2) is 8.41. The zero-order valence-electron chi connectivity index (χ0n) is 13.4.